The Labute approximate surface area is 224 Å². The lowest BCUT2D eigenvalue weighted by atomic mass is 10.1. The summed E-state index contributed by atoms with van der Waals surface area (Å²) in [6.07, 6.45) is 3.85. The summed E-state index contributed by atoms with van der Waals surface area (Å²) < 4.78 is 20.6. The molecule has 206 valence electrons. The maximum Gasteiger partial charge on any atom is 0.313 e. The molecule has 2 aromatic carbocycles. The van der Waals surface area contributed by atoms with Crippen LogP contribution in [0.2, 0.25) is 0 Å². The number of esters is 4. The van der Waals surface area contributed by atoms with Crippen LogP contribution in [0, 0.1) is 0 Å². The molecule has 0 saturated carbocycles. The lowest BCUT2D eigenvalue weighted by Crippen LogP contribution is -2.22. The summed E-state index contributed by atoms with van der Waals surface area (Å²) in [5, 5.41) is 0. The lowest BCUT2D eigenvalue weighted by molar-refractivity contribution is -0.186. The van der Waals surface area contributed by atoms with Crippen molar-refractivity contribution in [2.24, 2.45) is 0 Å². The highest BCUT2D eigenvalue weighted by molar-refractivity contribution is 5.74. The van der Waals surface area contributed by atoms with E-state index in [0.717, 1.165) is 36.8 Å². The monoisotopic (exact) mass is 526 g/mol. The van der Waals surface area contributed by atoms with Crippen molar-refractivity contribution in [2.45, 2.75) is 90.6 Å². The van der Waals surface area contributed by atoms with E-state index in [0.29, 0.717) is 12.8 Å². The van der Waals surface area contributed by atoms with Gasteiger partial charge in [0, 0.05) is 26.7 Å². The standard InChI is InChI=1S/C30H38O8/c1-23(37-29(33)21-25-15-9-7-10-16-25)35-27(31)19-13-5-3-4-6-14-20-28(32)36-24(2)38-30(34)22-26-17-11-8-12-18-26/h7-12,15-18,23-24H,3-6,13-14,19-22H2,1-2H3. The van der Waals surface area contributed by atoms with Gasteiger partial charge in [-0.05, 0) is 24.0 Å². The van der Waals surface area contributed by atoms with Gasteiger partial charge in [0.1, 0.15) is 0 Å². The Morgan fingerprint density at radius 3 is 1.18 bits per heavy atom. The minimum atomic E-state index is -0.923. The van der Waals surface area contributed by atoms with E-state index in [1.54, 1.807) is 0 Å². The van der Waals surface area contributed by atoms with Crippen LogP contribution in [0.25, 0.3) is 0 Å². The molecule has 0 radical (unpaired) electrons. The molecule has 0 amide bonds. The summed E-state index contributed by atoms with van der Waals surface area (Å²) in [6.45, 7) is 3.06. The second-order valence-corrected chi connectivity index (χ2v) is 9.04. The topological polar surface area (TPSA) is 105 Å². The van der Waals surface area contributed by atoms with E-state index in [1.165, 1.54) is 13.8 Å². The fourth-order valence-corrected chi connectivity index (χ4v) is 3.76. The molecule has 0 spiro atoms. The van der Waals surface area contributed by atoms with Crippen LogP contribution in [-0.2, 0) is 51.0 Å². The minimum absolute atomic E-state index is 0.127. The van der Waals surface area contributed by atoms with Gasteiger partial charge in [-0.1, -0.05) is 86.3 Å². The molecule has 0 N–H and O–H groups in total. The van der Waals surface area contributed by atoms with E-state index in [1.807, 2.05) is 60.7 Å². The molecule has 0 aromatic heterocycles. The number of unbranched alkanes of at least 4 members (excludes halogenated alkanes) is 5. The minimum Gasteiger partial charge on any atom is -0.425 e. The van der Waals surface area contributed by atoms with Gasteiger partial charge in [0.2, 0.25) is 12.6 Å². The Kier molecular flexibility index (Phi) is 14.2. The van der Waals surface area contributed by atoms with Gasteiger partial charge in [-0.15, -0.1) is 0 Å². The highest BCUT2D eigenvalue weighted by atomic mass is 16.7. The normalized spacial score (nSPS) is 12.2. The first-order valence-electron chi connectivity index (χ1n) is 13.2. The largest absolute Gasteiger partial charge is 0.425 e. The van der Waals surface area contributed by atoms with Crippen molar-refractivity contribution in [3.8, 4) is 0 Å². The van der Waals surface area contributed by atoms with Gasteiger partial charge >= 0.3 is 23.9 Å². The summed E-state index contributed by atoms with van der Waals surface area (Å²) in [7, 11) is 0. The summed E-state index contributed by atoms with van der Waals surface area (Å²) in [5.41, 5.74) is 1.67. The van der Waals surface area contributed by atoms with Crippen molar-refractivity contribution < 1.29 is 38.1 Å². The average molecular weight is 527 g/mol. The molecule has 0 fully saturated rings. The van der Waals surface area contributed by atoms with Crippen LogP contribution in [0.3, 0.4) is 0 Å². The van der Waals surface area contributed by atoms with E-state index in [-0.39, 0.29) is 25.7 Å². The van der Waals surface area contributed by atoms with Gasteiger partial charge in [0.25, 0.3) is 0 Å². The number of benzene rings is 2. The first-order chi connectivity index (χ1) is 18.3. The third-order valence-corrected chi connectivity index (χ3v) is 5.58. The Morgan fingerprint density at radius 1 is 0.500 bits per heavy atom. The third-order valence-electron chi connectivity index (χ3n) is 5.58. The van der Waals surface area contributed by atoms with Gasteiger partial charge in [0.05, 0.1) is 12.8 Å². The smallest absolute Gasteiger partial charge is 0.313 e. The van der Waals surface area contributed by atoms with Gasteiger partial charge < -0.3 is 18.9 Å². The molecule has 2 rings (SSSR count). The van der Waals surface area contributed by atoms with E-state index in [4.69, 9.17) is 18.9 Å². The Hall–Kier alpha value is -3.68. The highest BCUT2D eigenvalue weighted by Crippen LogP contribution is 2.12. The zero-order chi connectivity index (χ0) is 27.6. The third kappa shape index (κ3) is 14.2. The average Bonchev–Trinajstić information content (AvgIpc) is 2.86. The van der Waals surface area contributed by atoms with E-state index < -0.39 is 36.5 Å². The summed E-state index contributed by atoms with van der Waals surface area (Å²) in [4.78, 5) is 47.8. The number of hydrogen-bond acceptors (Lipinski definition) is 8. The molecule has 0 bridgehead atoms. The first kappa shape index (κ1) is 30.5. The molecule has 38 heavy (non-hydrogen) atoms. The number of carbonyl (C=O) groups is 4. The van der Waals surface area contributed by atoms with Crippen LogP contribution in [0.5, 0.6) is 0 Å². The van der Waals surface area contributed by atoms with Gasteiger partial charge in [-0.3, -0.25) is 19.2 Å². The molecule has 0 saturated heterocycles. The number of ether oxygens (including phenoxy) is 4. The van der Waals surface area contributed by atoms with Crippen LogP contribution in [-0.4, -0.2) is 36.5 Å². The molecular weight excluding hydrogens is 488 g/mol. The Bertz CT molecular complexity index is 908. The van der Waals surface area contributed by atoms with Crippen LogP contribution in [0.4, 0.5) is 0 Å². The van der Waals surface area contributed by atoms with E-state index >= 15 is 0 Å². The van der Waals surface area contributed by atoms with Crippen LogP contribution >= 0.6 is 0 Å². The molecule has 8 heteroatoms. The van der Waals surface area contributed by atoms with Crippen LogP contribution < -0.4 is 0 Å². The van der Waals surface area contributed by atoms with Crippen molar-refractivity contribution in [2.75, 3.05) is 0 Å². The molecule has 0 aliphatic heterocycles. The van der Waals surface area contributed by atoms with Crippen molar-refractivity contribution in [1.29, 1.82) is 0 Å². The second kappa shape index (κ2) is 17.7. The molecule has 2 atom stereocenters. The molecule has 0 aliphatic carbocycles. The predicted octanol–water partition coefficient (Wildman–Crippen LogP) is 5.46. The quantitative estimate of drug-likeness (QED) is 0.152. The maximum atomic E-state index is 12.0. The molecular formula is C30H38O8. The fourth-order valence-electron chi connectivity index (χ4n) is 3.76. The zero-order valence-electron chi connectivity index (χ0n) is 22.3. The molecule has 2 aromatic rings. The molecule has 0 aliphatic rings. The zero-order valence-corrected chi connectivity index (χ0v) is 22.3. The Balaban J connectivity index is 1.44. The summed E-state index contributed by atoms with van der Waals surface area (Å²) in [6, 6.07) is 18.4. The maximum absolute atomic E-state index is 12.0. The lowest BCUT2D eigenvalue weighted by Gasteiger charge is -2.14. The van der Waals surface area contributed by atoms with Crippen molar-refractivity contribution in [3.63, 3.8) is 0 Å². The first-order valence-corrected chi connectivity index (χ1v) is 13.2. The van der Waals surface area contributed by atoms with Crippen molar-refractivity contribution in [3.05, 3.63) is 71.8 Å². The SMILES string of the molecule is CC(OC(=O)CCCCCCCCC(=O)OC(C)OC(=O)Cc1ccccc1)OC(=O)Cc1ccccc1. The van der Waals surface area contributed by atoms with Gasteiger partial charge in [0.15, 0.2) is 0 Å². The van der Waals surface area contributed by atoms with Crippen LogP contribution in [0.1, 0.15) is 76.3 Å². The number of hydrogen-bond donors (Lipinski definition) is 0. The van der Waals surface area contributed by atoms with E-state index in [9.17, 15) is 19.2 Å². The summed E-state index contributed by atoms with van der Waals surface area (Å²) in [5.74, 6) is -1.68. The second-order valence-electron chi connectivity index (χ2n) is 9.04. The molecule has 8 nitrogen and oxygen atoms in total. The van der Waals surface area contributed by atoms with Crippen LogP contribution in [0.15, 0.2) is 60.7 Å². The Morgan fingerprint density at radius 2 is 0.816 bits per heavy atom. The predicted molar refractivity (Wildman–Crippen MR) is 141 cm³/mol. The molecule has 0 heterocycles. The van der Waals surface area contributed by atoms with Gasteiger partial charge in [-0.25, -0.2) is 0 Å². The number of rotatable bonds is 17. The highest BCUT2D eigenvalue weighted by Gasteiger charge is 2.15. The van der Waals surface area contributed by atoms with E-state index in [2.05, 4.69) is 0 Å². The van der Waals surface area contributed by atoms with Gasteiger partial charge in [-0.2, -0.15) is 0 Å². The van der Waals surface area contributed by atoms with Crippen molar-refractivity contribution in [1.82, 2.24) is 0 Å². The summed E-state index contributed by atoms with van der Waals surface area (Å²) >= 11 is 0. The van der Waals surface area contributed by atoms with Crippen molar-refractivity contribution >= 4 is 23.9 Å². The number of carbonyl (C=O) groups excluding carboxylic acids is 4. The molecule has 2 unspecified atom stereocenters. The fraction of sp³-hybridized carbons (Fsp3) is 0.467.